The summed E-state index contributed by atoms with van der Waals surface area (Å²) in [6, 6.07) is 6.51. The summed E-state index contributed by atoms with van der Waals surface area (Å²) in [6.45, 7) is 4.54. The van der Waals surface area contributed by atoms with Crippen LogP contribution in [0.15, 0.2) is 30.5 Å². The van der Waals surface area contributed by atoms with E-state index < -0.39 is 0 Å². The average Bonchev–Trinajstić information content (AvgIpc) is 3.10. The van der Waals surface area contributed by atoms with Crippen LogP contribution in [0, 0.1) is 12.7 Å². The van der Waals surface area contributed by atoms with Gasteiger partial charge in [-0.05, 0) is 50.6 Å². The van der Waals surface area contributed by atoms with E-state index in [0.717, 1.165) is 31.0 Å². The highest BCUT2D eigenvalue weighted by Gasteiger charge is 2.27. The van der Waals surface area contributed by atoms with Crippen LogP contribution in [0.3, 0.4) is 0 Å². The lowest BCUT2D eigenvalue weighted by Gasteiger charge is -2.22. The molecular formula is C16H20FN3O. The normalized spacial score (nSPS) is 19.0. The second-order valence-electron chi connectivity index (χ2n) is 5.45. The maximum absolute atomic E-state index is 12.8. The van der Waals surface area contributed by atoms with Gasteiger partial charge in [-0.2, -0.15) is 0 Å². The molecule has 112 valence electrons. The van der Waals surface area contributed by atoms with Gasteiger partial charge in [-0.25, -0.2) is 9.37 Å². The van der Waals surface area contributed by atoms with Gasteiger partial charge in [0.1, 0.15) is 24.0 Å². The first kappa shape index (κ1) is 14.1. The van der Waals surface area contributed by atoms with Crippen molar-refractivity contribution in [3.05, 3.63) is 47.8 Å². The zero-order valence-corrected chi connectivity index (χ0v) is 12.2. The third-order valence-corrected chi connectivity index (χ3v) is 3.86. The maximum Gasteiger partial charge on any atom is 0.123 e. The Morgan fingerprint density at radius 3 is 2.90 bits per heavy atom. The number of ether oxygens (including phenoxy) is 1. The second-order valence-corrected chi connectivity index (χ2v) is 5.45. The molecule has 1 aromatic carbocycles. The average molecular weight is 289 g/mol. The van der Waals surface area contributed by atoms with Crippen LogP contribution in [0.25, 0.3) is 0 Å². The number of benzene rings is 1. The van der Waals surface area contributed by atoms with Crippen molar-refractivity contribution in [2.24, 2.45) is 0 Å². The smallest absolute Gasteiger partial charge is 0.123 e. The van der Waals surface area contributed by atoms with Gasteiger partial charge in [-0.15, -0.1) is 0 Å². The molecule has 0 amide bonds. The summed E-state index contributed by atoms with van der Waals surface area (Å²) < 4.78 is 18.5. The van der Waals surface area contributed by atoms with E-state index in [2.05, 4.69) is 14.9 Å². The van der Waals surface area contributed by atoms with Gasteiger partial charge in [0, 0.05) is 18.4 Å². The number of rotatable bonds is 5. The molecule has 1 aromatic heterocycles. The van der Waals surface area contributed by atoms with Crippen LogP contribution < -0.4 is 4.74 Å². The fraction of sp³-hybridized carbons (Fsp3) is 0.438. The third-order valence-electron chi connectivity index (χ3n) is 3.86. The Morgan fingerprint density at radius 2 is 2.19 bits per heavy atom. The van der Waals surface area contributed by atoms with Gasteiger partial charge in [0.05, 0.1) is 6.04 Å². The van der Waals surface area contributed by atoms with Gasteiger partial charge in [0.2, 0.25) is 0 Å². The molecule has 4 nitrogen and oxygen atoms in total. The Morgan fingerprint density at radius 1 is 1.38 bits per heavy atom. The van der Waals surface area contributed by atoms with Gasteiger partial charge in [-0.1, -0.05) is 0 Å². The number of aromatic nitrogens is 2. The highest BCUT2D eigenvalue weighted by atomic mass is 19.1. The number of hydrogen-bond acceptors (Lipinski definition) is 3. The Kier molecular flexibility index (Phi) is 4.20. The number of hydrogen-bond donors (Lipinski definition) is 1. The van der Waals surface area contributed by atoms with Crippen LogP contribution in [0.4, 0.5) is 4.39 Å². The second kappa shape index (κ2) is 6.26. The molecule has 0 spiro atoms. The lowest BCUT2D eigenvalue weighted by molar-refractivity contribution is 0.193. The number of nitrogens with one attached hydrogen (secondary N) is 1. The zero-order chi connectivity index (χ0) is 14.7. The summed E-state index contributed by atoms with van der Waals surface area (Å²) in [5, 5.41) is 0. The van der Waals surface area contributed by atoms with Gasteiger partial charge in [0.15, 0.2) is 0 Å². The minimum absolute atomic E-state index is 0.241. The summed E-state index contributed by atoms with van der Waals surface area (Å²) in [6.07, 6.45) is 4.19. The van der Waals surface area contributed by atoms with Crippen molar-refractivity contribution in [3.8, 4) is 5.75 Å². The van der Waals surface area contributed by atoms with E-state index in [1.807, 2.05) is 13.1 Å². The number of aromatic amines is 1. The molecule has 1 N–H and O–H groups in total. The number of likely N-dealkylation sites (tertiary alicyclic amines) is 1. The van der Waals surface area contributed by atoms with Gasteiger partial charge in [-0.3, -0.25) is 4.90 Å². The van der Waals surface area contributed by atoms with Crippen LogP contribution in [0.2, 0.25) is 0 Å². The largest absolute Gasteiger partial charge is 0.492 e. The van der Waals surface area contributed by atoms with Gasteiger partial charge in [0.25, 0.3) is 0 Å². The maximum atomic E-state index is 12.8. The molecule has 0 radical (unpaired) electrons. The van der Waals surface area contributed by atoms with Crippen LogP contribution in [-0.2, 0) is 0 Å². The first-order valence-corrected chi connectivity index (χ1v) is 7.36. The minimum atomic E-state index is -0.241. The summed E-state index contributed by atoms with van der Waals surface area (Å²) >= 11 is 0. The van der Waals surface area contributed by atoms with E-state index in [4.69, 9.17) is 4.74 Å². The summed E-state index contributed by atoms with van der Waals surface area (Å²) in [4.78, 5) is 10.2. The molecule has 0 unspecified atom stereocenters. The number of halogens is 1. The van der Waals surface area contributed by atoms with Crippen LogP contribution >= 0.6 is 0 Å². The van der Waals surface area contributed by atoms with Crippen molar-refractivity contribution in [2.75, 3.05) is 19.7 Å². The molecule has 0 saturated carbocycles. The van der Waals surface area contributed by atoms with E-state index >= 15 is 0 Å². The Balaban J connectivity index is 1.53. The number of H-pyrrole nitrogens is 1. The number of nitrogens with zero attached hydrogens (tertiary/aromatic N) is 2. The fourth-order valence-corrected chi connectivity index (χ4v) is 2.82. The highest BCUT2D eigenvalue weighted by molar-refractivity contribution is 5.22. The summed E-state index contributed by atoms with van der Waals surface area (Å²) in [5.41, 5.74) is 1.10. The zero-order valence-electron chi connectivity index (χ0n) is 12.2. The molecule has 1 aliphatic rings. The third kappa shape index (κ3) is 3.42. The van der Waals surface area contributed by atoms with Crippen molar-refractivity contribution in [1.82, 2.24) is 14.9 Å². The lowest BCUT2D eigenvalue weighted by atomic mass is 10.2. The van der Waals surface area contributed by atoms with Crippen LogP contribution in [-0.4, -0.2) is 34.6 Å². The molecule has 21 heavy (non-hydrogen) atoms. The molecule has 2 heterocycles. The molecule has 0 bridgehead atoms. The molecule has 0 aliphatic carbocycles. The van der Waals surface area contributed by atoms with E-state index in [1.165, 1.54) is 18.6 Å². The Labute approximate surface area is 124 Å². The van der Waals surface area contributed by atoms with Crippen LogP contribution in [0.1, 0.15) is 30.4 Å². The topological polar surface area (TPSA) is 41.2 Å². The molecule has 1 atom stereocenters. The van der Waals surface area contributed by atoms with E-state index in [9.17, 15) is 4.39 Å². The van der Waals surface area contributed by atoms with Crippen molar-refractivity contribution in [2.45, 2.75) is 25.8 Å². The van der Waals surface area contributed by atoms with E-state index in [1.54, 1.807) is 12.1 Å². The summed E-state index contributed by atoms with van der Waals surface area (Å²) in [7, 11) is 0. The van der Waals surface area contributed by atoms with E-state index in [-0.39, 0.29) is 5.82 Å². The Bertz CT molecular complexity index is 581. The first-order valence-electron chi connectivity index (χ1n) is 7.36. The molecule has 5 heteroatoms. The van der Waals surface area contributed by atoms with Crippen molar-refractivity contribution in [1.29, 1.82) is 0 Å². The quantitative estimate of drug-likeness (QED) is 0.919. The number of imidazole rings is 1. The highest BCUT2D eigenvalue weighted by Crippen LogP contribution is 2.29. The van der Waals surface area contributed by atoms with Gasteiger partial charge < -0.3 is 9.72 Å². The molecule has 1 saturated heterocycles. The van der Waals surface area contributed by atoms with Crippen molar-refractivity contribution < 1.29 is 9.13 Å². The predicted octanol–water partition coefficient (Wildman–Crippen LogP) is 3.07. The van der Waals surface area contributed by atoms with Crippen LogP contribution in [0.5, 0.6) is 5.75 Å². The first-order chi connectivity index (χ1) is 10.2. The standard InChI is InChI=1S/C16H20FN3O/c1-12-11-18-16(19-12)15-3-2-8-20(15)9-10-21-14-6-4-13(17)5-7-14/h4-7,11,15H,2-3,8-10H2,1H3,(H,18,19)/t15-/m1/s1. The van der Waals surface area contributed by atoms with Gasteiger partial charge >= 0.3 is 0 Å². The fourth-order valence-electron chi connectivity index (χ4n) is 2.82. The molecule has 3 rings (SSSR count). The van der Waals surface area contributed by atoms with E-state index in [0.29, 0.717) is 18.4 Å². The SMILES string of the molecule is Cc1cnc([C@H]2CCCN2CCOc2ccc(F)cc2)[nH]1. The molecule has 1 aliphatic heterocycles. The summed E-state index contributed by atoms with van der Waals surface area (Å²) in [5.74, 6) is 1.52. The lowest BCUT2D eigenvalue weighted by Crippen LogP contribution is -2.28. The van der Waals surface area contributed by atoms with Crippen molar-refractivity contribution in [3.63, 3.8) is 0 Å². The molecule has 1 fully saturated rings. The monoisotopic (exact) mass is 289 g/mol. The predicted molar refractivity (Wildman–Crippen MR) is 78.8 cm³/mol. The molecule has 2 aromatic rings. The molecular weight excluding hydrogens is 269 g/mol. The number of aryl methyl sites for hydroxylation is 1. The minimum Gasteiger partial charge on any atom is -0.492 e. The Hall–Kier alpha value is -1.88. The van der Waals surface area contributed by atoms with Crippen molar-refractivity contribution >= 4 is 0 Å².